The molecule has 0 saturated carbocycles. The third-order valence-electron chi connectivity index (χ3n) is 3.04. The van der Waals surface area contributed by atoms with Gasteiger partial charge in [0.05, 0.1) is 0 Å². The van der Waals surface area contributed by atoms with Gasteiger partial charge in [0.15, 0.2) is 0 Å². The first kappa shape index (κ1) is 12.9. The summed E-state index contributed by atoms with van der Waals surface area (Å²) in [6.07, 6.45) is 1.90. The molecular weight excluding hydrogens is 226 g/mol. The summed E-state index contributed by atoms with van der Waals surface area (Å²) in [5.41, 5.74) is 0.822. The number of H-pyrrole nitrogens is 1. The highest BCUT2D eigenvalue weighted by Crippen LogP contribution is 2.15. The second-order valence-electron chi connectivity index (χ2n) is 4.39. The van der Waals surface area contributed by atoms with E-state index in [1.165, 1.54) is 0 Å². The number of aromatic amines is 1. The maximum atomic E-state index is 5.84. The van der Waals surface area contributed by atoms with Crippen LogP contribution in [0.25, 0.3) is 11.0 Å². The van der Waals surface area contributed by atoms with E-state index in [0.29, 0.717) is 5.88 Å². The van der Waals surface area contributed by atoms with Crippen LogP contribution in [-0.4, -0.2) is 40.6 Å². The van der Waals surface area contributed by atoms with Crippen LogP contribution in [-0.2, 0) is 0 Å². The smallest absolute Gasteiger partial charge is 0.215 e. The normalized spacial score (nSPS) is 13.1. The summed E-state index contributed by atoms with van der Waals surface area (Å²) >= 11 is 0. The van der Waals surface area contributed by atoms with Crippen LogP contribution >= 0.6 is 0 Å². The third-order valence-corrected chi connectivity index (χ3v) is 3.04. The van der Waals surface area contributed by atoms with Gasteiger partial charge in [-0.25, -0.2) is 0 Å². The Balaban J connectivity index is 1.99. The fraction of sp³-hybridized carbons (Fsp3) is 0.500. The number of hydrogen-bond acceptors (Lipinski definition) is 3. The lowest BCUT2D eigenvalue weighted by molar-refractivity contribution is 0.148. The van der Waals surface area contributed by atoms with Crippen molar-refractivity contribution in [3.05, 3.63) is 24.4 Å². The van der Waals surface area contributed by atoms with Crippen molar-refractivity contribution in [3.63, 3.8) is 0 Å². The van der Waals surface area contributed by atoms with Gasteiger partial charge in [-0.05, 0) is 26.1 Å². The molecule has 0 aliphatic carbocycles. The Morgan fingerprint density at radius 3 is 2.89 bits per heavy atom. The van der Waals surface area contributed by atoms with Crippen LogP contribution in [0.5, 0.6) is 5.88 Å². The summed E-state index contributed by atoms with van der Waals surface area (Å²) in [5.74, 6) is 0.665. The zero-order valence-corrected chi connectivity index (χ0v) is 11.2. The van der Waals surface area contributed by atoms with Crippen LogP contribution in [0.3, 0.4) is 0 Å². The maximum absolute atomic E-state index is 5.84. The van der Waals surface area contributed by atoms with Gasteiger partial charge in [-0.1, -0.05) is 13.8 Å². The lowest BCUT2D eigenvalue weighted by Crippen LogP contribution is -2.33. The first-order chi connectivity index (χ1) is 8.72. The molecule has 4 nitrogen and oxygen atoms in total. The van der Waals surface area contributed by atoms with Crippen molar-refractivity contribution < 1.29 is 4.74 Å². The van der Waals surface area contributed by atoms with Crippen LogP contribution in [0, 0.1) is 6.07 Å². The Morgan fingerprint density at radius 2 is 2.17 bits per heavy atom. The van der Waals surface area contributed by atoms with E-state index >= 15 is 0 Å². The van der Waals surface area contributed by atoms with Crippen LogP contribution in [0.15, 0.2) is 18.3 Å². The lowest BCUT2D eigenvalue weighted by Gasteiger charge is -2.22. The molecule has 1 radical (unpaired) electrons. The highest BCUT2D eigenvalue weighted by atomic mass is 16.5. The second-order valence-corrected chi connectivity index (χ2v) is 4.39. The summed E-state index contributed by atoms with van der Waals surface area (Å²) in [6.45, 7) is 9.41. The SMILES string of the molecule is CCN(CC)CC(C)Oc1ccc2[c]c[nH]c2n1. The summed E-state index contributed by atoms with van der Waals surface area (Å²) in [5, 5.41) is 0.985. The maximum Gasteiger partial charge on any atom is 0.215 e. The predicted molar refractivity (Wildman–Crippen MR) is 72.8 cm³/mol. The third kappa shape index (κ3) is 3.01. The standard InChI is InChI=1S/C14H20N3O/c1-4-17(5-2)10-11(3)18-13-7-6-12-8-9-15-14(12)16-13/h6-7,9,11H,4-5,10H2,1-3H3,(H,15,16). The molecule has 0 saturated heterocycles. The van der Waals surface area contributed by atoms with Crippen molar-refractivity contribution in [1.82, 2.24) is 14.9 Å². The van der Waals surface area contributed by atoms with E-state index in [0.717, 1.165) is 30.7 Å². The Labute approximate surface area is 108 Å². The number of ether oxygens (including phenoxy) is 1. The van der Waals surface area contributed by atoms with Gasteiger partial charge in [0.25, 0.3) is 0 Å². The summed E-state index contributed by atoms with van der Waals surface area (Å²) in [6, 6.07) is 6.93. The zero-order chi connectivity index (χ0) is 13.0. The molecule has 97 valence electrons. The molecule has 2 heterocycles. The molecule has 18 heavy (non-hydrogen) atoms. The summed E-state index contributed by atoms with van der Waals surface area (Å²) < 4.78 is 5.84. The highest BCUT2D eigenvalue weighted by Gasteiger charge is 2.09. The second kappa shape index (κ2) is 5.87. The number of likely N-dealkylation sites (N-methyl/N-ethyl adjacent to an activating group) is 1. The van der Waals surface area contributed by atoms with Crippen molar-refractivity contribution in [1.29, 1.82) is 0 Å². The molecule has 2 rings (SSSR count). The minimum absolute atomic E-state index is 0.133. The van der Waals surface area contributed by atoms with Gasteiger partial charge in [0.1, 0.15) is 11.8 Å². The van der Waals surface area contributed by atoms with E-state index in [9.17, 15) is 0 Å². The monoisotopic (exact) mass is 246 g/mol. The molecule has 4 heteroatoms. The molecule has 0 aliphatic rings. The van der Waals surface area contributed by atoms with Crippen molar-refractivity contribution in [2.45, 2.75) is 26.9 Å². The number of pyridine rings is 1. The average Bonchev–Trinajstić information content (AvgIpc) is 2.83. The number of fused-ring (bicyclic) bond motifs is 1. The van der Waals surface area contributed by atoms with Gasteiger partial charge >= 0.3 is 0 Å². The van der Waals surface area contributed by atoms with Crippen LogP contribution in [0.1, 0.15) is 20.8 Å². The van der Waals surface area contributed by atoms with Crippen molar-refractivity contribution >= 4 is 11.0 Å². The molecule has 0 aliphatic heterocycles. The molecule has 0 aromatic carbocycles. The minimum Gasteiger partial charge on any atom is -0.473 e. The Kier molecular flexibility index (Phi) is 4.20. The fourth-order valence-electron chi connectivity index (χ4n) is 2.00. The number of aromatic nitrogens is 2. The van der Waals surface area contributed by atoms with Gasteiger partial charge in [-0.2, -0.15) is 4.98 Å². The van der Waals surface area contributed by atoms with E-state index in [-0.39, 0.29) is 6.10 Å². The van der Waals surface area contributed by atoms with E-state index in [1.54, 1.807) is 6.20 Å². The number of nitrogens with one attached hydrogen (secondary N) is 1. The molecule has 1 unspecified atom stereocenters. The van der Waals surface area contributed by atoms with Crippen LogP contribution in [0.4, 0.5) is 0 Å². The van der Waals surface area contributed by atoms with Crippen LogP contribution < -0.4 is 4.74 Å². The quantitative estimate of drug-likeness (QED) is 0.851. The number of hydrogen-bond donors (Lipinski definition) is 1. The van der Waals surface area contributed by atoms with Gasteiger partial charge in [0, 0.05) is 30.3 Å². The molecule has 0 bridgehead atoms. The minimum atomic E-state index is 0.133. The first-order valence-electron chi connectivity index (χ1n) is 6.47. The molecule has 0 amide bonds. The van der Waals surface area contributed by atoms with Gasteiger partial charge in [-0.3, -0.25) is 0 Å². The molecule has 1 N–H and O–H groups in total. The topological polar surface area (TPSA) is 41.1 Å². The number of rotatable bonds is 6. The van der Waals surface area contributed by atoms with Crippen molar-refractivity contribution in [3.8, 4) is 5.88 Å². The molecule has 0 spiro atoms. The first-order valence-corrected chi connectivity index (χ1v) is 6.47. The Hall–Kier alpha value is -1.55. The zero-order valence-electron chi connectivity index (χ0n) is 11.2. The van der Waals surface area contributed by atoms with E-state index in [4.69, 9.17) is 4.74 Å². The molecule has 2 aromatic heterocycles. The van der Waals surface area contributed by atoms with Crippen molar-refractivity contribution in [2.75, 3.05) is 19.6 Å². The van der Waals surface area contributed by atoms with Gasteiger partial charge < -0.3 is 14.6 Å². The Bertz CT molecular complexity index is 490. The average molecular weight is 246 g/mol. The molecule has 0 fully saturated rings. The van der Waals surface area contributed by atoms with Crippen molar-refractivity contribution in [2.24, 2.45) is 0 Å². The molecule has 1 atom stereocenters. The van der Waals surface area contributed by atoms with E-state index in [2.05, 4.69) is 41.7 Å². The Morgan fingerprint density at radius 1 is 1.39 bits per heavy atom. The molecular formula is C14H20N3O. The molecule has 2 aromatic rings. The van der Waals surface area contributed by atoms with E-state index < -0.39 is 0 Å². The largest absolute Gasteiger partial charge is 0.473 e. The van der Waals surface area contributed by atoms with E-state index in [1.807, 2.05) is 12.1 Å². The lowest BCUT2D eigenvalue weighted by atomic mass is 10.3. The highest BCUT2D eigenvalue weighted by molar-refractivity contribution is 5.74. The fourth-order valence-corrected chi connectivity index (χ4v) is 2.00. The summed E-state index contributed by atoms with van der Waals surface area (Å²) in [7, 11) is 0. The van der Waals surface area contributed by atoms with Crippen LogP contribution in [0.2, 0.25) is 0 Å². The van der Waals surface area contributed by atoms with Gasteiger partial charge in [-0.15, -0.1) is 0 Å². The van der Waals surface area contributed by atoms with Gasteiger partial charge in [0.2, 0.25) is 5.88 Å². The number of nitrogens with zero attached hydrogens (tertiary/aromatic N) is 2. The predicted octanol–water partition coefficient (Wildman–Crippen LogP) is 2.47. The summed E-state index contributed by atoms with van der Waals surface area (Å²) in [4.78, 5) is 9.78.